The summed E-state index contributed by atoms with van der Waals surface area (Å²) in [6, 6.07) is 9.11. The lowest BCUT2D eigenvalue weighted by atomic mass is 10.3. The van der Waals surface area contributed by atoms with E-state index in [-0.39, 0.29) is 9.92 Å². The van der Waals surface area contributed by atoms with Gasteiger partial charge in [0.15, 0.2) is 15.6 Å². The zero-order valence-electron chi connectivity index (χ0n) is 9.47. The Morgan fingerprint density at radius 1 is 1.11 bits per heavy atom. The number of halogens is 2. The first-order valence-electron chi connectivity index (χ1n) is 5.16. The third kappa shape index (κ3) is 3.36. The summed E-state index contributed by atoms with van der Waals surface area (Å²) < 4.78 is 24.7. The summed E-state index contributed by atoms with van der Waals surface area (Å²) in [5, 5.41) is 0.111. The third-order valence-corrected chi connectivity index (χ3v) is 5.72. The standard InChI is InChI=1S/C12H8Cl2O3S2/c13-8-3-1-2-4-11(8)19(16,17)7-9(15)10-5-6-12(14)18-10/h1-6H,7H2. The summed E-state index contributed by atoms with van der Waals surface area (Å²) in [5.41, 5.74) is 0. The van der Waals surface area contributed by atoms with E-state index >= 15 is 0 Å². The highest BCUT2D eigenvalue weighted by Crippen LogP contribution is 2.25. The van der Waals surface area contributed by atoms with Gasteiger partial charge in [-0.05, 0) is 24.3 Å². The van der Waals surface area contributed by atoms with E-state index in [0.717, 1.165) is 11.3 Å². The summed E-state index contributed by atoms with van der Waals surface area (Å²) in [5.74, 6) is -1.11. The average Bonchev–Trinajstić information content (AvgIpc) is 2.76. The summed E-state index contributed by atoms with van der Waals surface area (Å²) in [4.78, 5) is 12.2. The zero-order valence-corrected chi connectivity index (χ0v) is 12.6. The number of Topliss-reactive ketones (excluding diaryl/α,β-unsaturated/α-hetero) is 1. The largest absolute Gasteiger partial charge is 0.292 e. The van der Waals surface area contributed by atoms with E-state index in [4.69, 9.17) is 23.2 Å². The summed E-state index contributed by atoms with van der Waals surface area (Å²) >= 11 is 12.6. The quantitative estimate of drug-likeness (QED) is 0.801. The van der Waals surface area contributed by atoms with E-state index in [9.17, 15) is 13.2 Å². The van der Waals surface area contributed by atoms with Gasteiger partial charge in [0.2, 0.25) is 0 Å². The van der Waals surface area contributed by atoms with Crippen LogP contribution < -0.4 is 0 Å². The molecule has 2 aromatic rings. The number of hydrogen-bond acceptors (Lipinski definition) is 4. The molecule has 0 saturated carbocycles. The molecule has 19 heavy (non-hydrogen) atoms. The Balaban J connectivity index is 2.28. The van der Waals surface area contributed by atoms with Crippen molar-refractivity contribution in [3.8, 4) is 0 Å². The molecule has 100 valence electrons. The van der Waals surface area contributed by atoms with Crippen molar-refractivity contribution in [2.75, 3.05) is 5.75 Å². The van der Waals surface area contributed by atoms with Gasteiger partial charge in [-0.1, -0.05) is 35.3 Å². The van der Waals surface area contributed by atoms with Crippen molar-refractivity contribution >= 4 is 50.2 Å². The van der Waals surface area contributed by atoms with Gasteiger partial charge in [0.05, 0.1) is 19.1 Å². The van der Waals surface area contributed by atoms with E-state index < -0.39 is 21.4 Å². The molecule has 3 nitrogen and oxygen atoms in total. The highest BCUT2D eigenvalue weighted by molar-refractivity contribution is 7.92. The van der Waals surface area contributed by atoms with Gasteiger partial charge in [-0.15, -0.1) is 11.3 Å². The minimum Gasteiger partial charge on any atom is -0.292 e. The van der Waals surface area contributed by atoms with Gasteiger partial charge in [0, 0.05) is 0 Å². The maximum absolute atomic E-state index is 12.1. The van der Waals surface area contributed by atoms with Gasteiger partial charge in [0.25, 0.3) is 0 Å². The monoisotopic (exact) mass is 334 g/mol. The van der Waals surface area contributed by atoms with Crippen molar-refractivity contribution in [1.82, 2.24) is 0 Å². The first-order chi connectivity index (χ1) is 8.90. The lowest BCUT2D eigenvalue weighted by Gasteiger charge is -2.04. The molecule has 1 aromatic heterocycles. The predicted molar refractivity (Wildman–Crippen MR) is 77.2 cm³/mol. The van der Waals surface area contributed by atoms with Crippen LogP contribution in [0.1, 0.15) is 9.67 Å². The van der Waals surface area contributed by atoms with E-state index in [1.165, 1.54) is 18.2 Å². The summed E-state index contributed by atoms with van der Waals surface area (Å²) in [6.45, 7) is 0. The van der Waals surface area contributed by atoms with Gasteiger partial charge in [-0.25, -0.2) is 8.42 Å². The van der Waals surface area contributed by atoms with Gasteiger partial charge in [-0.3, -0.25) is 4.79 Å². The highest BCUT2D eigenvalue weighted by Gasteiger charge is 2.23. The lowest BCUT2D eigenvalue weighted by Crippen LogP contribution is -2.15. The van der Waals surface area contributed by atoms with E-state index in [1.807, 2.05) is 0 Å². The van der Waals surface area contributed by atoms with Crippen LogP contribution in [0.25, 0.3) is 0 Å². The van der Waals surface area contributed by atoms with Crippen LogP contribution in [0, 0.1) is 0 Å². The van der Waals surface area contributed by atoms with E-state index in [0.29, 0.717) is 9.21 Å². The molecule has 0 amide bonds. The van der Waals surface area contributed by atoms with Crippen LogP contribution in [-0.2, 0) is 9.84 Å². The molecule has 0 saturated heterocycles. The Hall–Kier alpha value is -0.880. The fourth-order valence-corrected chi connectivity index (χ4v) is 4.35. The molecular formula is C12H8Cl2O3S2. The Morgan fingerprint density at radius 3 is 2.37 bits per heavy atom. The fourth-order valence-electron chi connectivity index (χ4n) is 1.48. The Morgan fingerprint density at radius 2 is 1.79 bits per heavy atom. The van der Waals surface area contributed by atoms with Crippen LogP contribution >= 0.6 is 34.5 Å². The second kappa shape index (κ2) is 5.63. The number of rotatable bonds is 4. The smallest absolute Gasteiger partial charge is 0.188 e. The lowest BCUT2D eigenvalue weighted by molar-refractivity contribution is 0.102. The van der Waals surface area contributed by atoms with E-state index in [1.54, 1.807) is 18.2 Å². The van der Waals surface area contributed by atoms with Crippen LogP contribution in [0.3, 0.4) is 0 Å². The molecule has 0 aliphatic rings. The van der Waals surface area contributed by atoms with Crippen LogP contribution in [0.4, 0.5) is 0 Å². The first-order valence-corrected chi connectivity index (χ1v) is 8.38. The van der Waals surface area contributed by atoms with Crippen molar-refractivity contribution in [3.63, 3.8) is 0 Å². The fraction of sp³-hybridized carbons (Fsp3) is 0.0833. The predicted octanol–water partition coefficient (Wildman–Crippen LogP) is 3.71. The SMILES string of the molecule is O=C(CS(=O)(=O)c1ccccc1Cl)c1ccc(Cl)s1. The van der Waals surface area contributed by atoms with Crippen molar-refractivity contribution in [2.24, 2.45) is 0 Å². The van der Waals surface area contributed by atoms with Gasteiger partial charge in [-0.2, -0.15) is 0 Å². The number of sulfone groups is 1. The molecule has 7 heteroatoms. The molecule has 1 heterocycles. The highest BCUT2D eigenvalue weighted by atomic mass is 35.5. The maximum Gasteiger partial charge on any atom is 0.188 e. The molecule has 0 aliphatic carbocycles. The third-order valence-electron chi connectivity index (χ3n) is 2.34. The number of carbonyl (C=O) groups excluding carboxylic acids is 1. The van der Waals surface area contributed by atoms with Gasteiger partial charge >= 0.3 is 0 Å². The molecule has 0 atom stereocenters. The Labute approximate surface area is 124 Å². The number of benzene rings is 1. The average molecular weight is 335 g/mol. The number of hydrogen-bond donors (Lipinski definition) is 0. The summed E-state index contributed by atoms with van der Waals surface area (Å²) in [6.07, 6.45) is 0. The molecule has 0 radical (unpaired) electrons. The molecule has 0 unspecified atom stereocenters. The number of carbonyl (C=O) groups is 1. The second-order valence-electron chi connectivity index (χ2n) is 3.72. The van der Waals surface area contributed by atoms with Crippen molar-refractivity contribution in [2.45, 2.75) is 4.90 Å². The Bertz CT molecular complexity index is 720. The molecule has 0 N–H and O–H groups in total. The zero-order chi connectivity index (χ0) is 14.0. The second-order valence-corrected chi connectivity index (χ2v) is 7.80. The first kappa shape index (κ1) is 14.5. The molecule has 0 bridgehead atoms. The van der Waals surface area contributed by atoms with Gasteiger partial charge < -0.3 is 0 Å². The van der Waals surface area contributed by atoms with Crippen molar-refractivity contribution in [3.05, 3.63) is 50.6 Å². The number of ketones is 1. The summed E-state index contributed by atoms with van der Waals surface area (Å²) in [7, 11) is -3.75. The maximum atomic E-state index is 12.1. The molecule has 2 rings (SSSR count). The minimum absolute atomic E-state index is 0.0346. The van der Waals surface area contributed by atoms with Crippen LogP contribution in [0.5, 0.6) is 0 Å². The molecule has 0 fully saturated rings. The van der Waals surface area contributed by atoms with E-state index in [2.05, 4.69) is 0 Å². The normalized spacial score (nSPS) is 11.5. The van der Waals surface area contributed by atoms with Crippen LogP contribution in [0.15, 0.2) is 41.3 Å². The van der Waals surface area contributed by atoms with Crippen molar-refractivity contribution < 1.29 is 13.2 Å². The molecule has 0 aliphatic heterocycles. The number of thiophene rings is 1. The van der Waals surface area contributed by atoms with Crippen LogP contribution in [0.2, 0.25) is 9.36 Å². The topological polar surface area (TPSA) is 51.2 Å². The van der Waals surface area contributed by atoms with Gasteiger partial charge in [0.1, 0.15) is 5.75 Å². The molecular weight excluding hydrogens is 327 g/mol. The molecule has 1 aromatic carbocycles. The minimum atomic E-state index is -3.75. The molecule has 0 spiro atoms. The van der Waals surface area contributed by atoms with Crippen molar-refractivity contribution in [1.29, 1.82) is 0 Å². The Kier molecular flexibility index (Phi) is 4.30. The van der Waals surface area contributed by atoms with Crippen LogP contribution in [-0.4, -0.2) is 20.0 Å².